The zero-order chi connectivity index (χ0) is 12.8. The lowest BCUT2D eigenvalue weighted by molar-refractivity contribution is 0.230. The fraction of sp³-hybridized carbons (Fsp3) is 0.417. The number of thioether (sulfide) groups is 1. The first-order valence-electron chi connectivity index (χ1n) is 5.45. The van der Waals surface area contributed by atoms with Gasteiger partial charge in [-0.25, -0.2) is 9.18 Å². The molecule has 0 spiro atoms. The molecule has 0 saturated carbocycles. The van der Waals surface area contributed by atoms with E-state index in [1.165, 1.54) is 22.7 Å². The number of halogens is 1. The van der Waals surface area contributed by atoms with Gasteiger partial charge in [0.25, 0.3) is 0 Å². The van der Waals surface area contributed by atoms with Crippen LogP contribution in [0.1, 0.15) is 13.3 Å². The fourth-order valence-corrected chi connectivity index (χ4v) is 1.93. The minimum Gasteiger partial charge on any atom is -0.331 e. The fourth-order valence-electron chi connectivity index (χ4n) is 1.14. The summed E-state index contributed by atoms with van der Waals surface area (Å²) in [7, 11) is 3.27. The highest BCUT2D eigenvalue weighted by Gasteiger charge is 2.07. The molecule has 94 valence electrons. The number of urea groups is 1. The molecule has 0 aliphatic rings. The number of carbonyl (C=O) groups excluding carboxylic acids is 1. The lowest BCUT2D eigenvalue weighted by Gasteiger charge is -2.12. The average molecular weight is 256 g/mol. The van der Waals surface area contributed by atoms with E-state index in [0.29, 0.717) is 10.6 Å². The van der Waals surface area contributed by atoms with Crippen LogP contribution in [0.4, 0.5) is 14.9 Å². The van der Waals surface area contributed by atoms with E-state index in [1.807, 2.05) is 0 Å². The first-order valence-corrected chi connectivity index (χ1v) is 6.43. The van der Waals surface area contributed by atoms with Gasteiger partial charge < -0.3 is 10.2 Å². The lowest BCUT2D eigenvalue weighted by Crippen LogP contribution is -2.27. The molecule has 1 rings (SSSR count). The molecule has 3 nitrogen and oxygen atoms in total. The number of rotatable bonds is 4. The van der Waals surface area contributed by atoms with Crippen LogP contribution in [0, 0.1) is 5.82 Å². The van der Waals surface area contributed by atoms with Gasteiger partial charge in [-0.2, -0.15) is 0 Å². The van der Waals surface area contributed by atoms with Gasteiger partial charge >= 0.3 is 6.03 Å². The third-order valence-electron chi connectivity index (χ3n) is 2.05. The lowest BCUT2D eigenvalue weighted by atomic mass is 10.3. The molecule has 0 aromatic heterocycles. The monoisotopic (exact) mass is 256 g/mol. The van der Waals surface area contributed by atoms with Crippen molar-refractivity contribution < 1.29 is 9.18 Å². The number of hydrogen-bond acceptors (Lipinski definition) is 2. The largest absolute Gasteiger partial charge is 0.331 e. The highest BCUT2D eigenvalue weighted by atomic mass is 32.2. The summed E-state index contributed by atoms with van der Waals surface area (Å²) in [5, 5.41) is 2.60. The van der Waals surface area contributed by atoms with Gasteiger partial charge in [-0.3, -0.25) is 0 Å². The molecule has 2 amide bonds. The molecule has 0 unspecified atom stereocenters. The molecule has 0 atom stereocenters. The SMILES string of the molecule is CCCSc1ccc(NC(=O)N(C)C)cc1F. The van der Waals surface area contributed by atoms with Gasteiger partial charge in [-0.15, -0.1) is 11.8 Å². The minimum atomic E-state index is -0.292. The quantitative estimate of drug-likeness (QED) is 0.837. The third-order valence-corrected chi connectivity index (χ3v) is 3.31. The summed E-state index contributed by atoms with van der Waals surface area (Å²) >= 11 is 1.48. The molecule has 17 heavy (non-hydrogen) atoms. The predicted octanol–water partition coefficient (Wildman–Crippen LogP) is 3.42. The van der Waals surface area contributed by atoms with Crippen molar-refractivity contribution in [1.82, 2.24) is 4.90 Å². The van der Waals surface area contributed by atoms with Crippen molar-refractivity contribution in [2.24, 2.45) is 0 Å². The van der Waals surface area contributed by atoms with E-state index in [2.05, 4.69) is 12.2 Å². The Morgan fingerprint density at radius 2 is 2.18 bits per heavy atom. The summed E-state index contributed by atoms with van der Waals surface area (Å²) in [6, 6.07) is 4.49. The van der Waals surface area contributed by atoms with Crippen LogP contribution in [0.25, 0.3) is 0 Å². The normalized spacial score (nSPS) is 10.1. The summed E-state index contributed by atoms with van der Waals surface area (Å²) in [5.41, 5.74) is 0.474. The van der Waals surface area contributed by atoms with Crippen LogP contribution < -0.4 is 5.32 Å². The Balaban J connectivity index is 2.71. The molecule has 1 aromatic carbocycles. The molecule has 0 radical (unpaired) electrons. The van der Waals surface area contributed by atoms with Gasteiger partial charge in [0.15, 0.2) is 0 Å². The number of benzene rings is 1. The number of carbonyl (C=O) groups is 1. The van der Waals surface area contributed by atoms with Crippen LogP contribution >= 0.6 is 11.8 Å². The molecule has 1 N–H and O–H groups in total. The summed E-state index contributed by atoms with van der Waals surface area (Å²) in [6.07, 6.45) is 1.00. The molecule has 0 heterocycles. The molecular formula is C12H17FN2OS. The number of nitrogens with zero attached hydrogens (tertiary/aromatic N) is 1. The summed E-state index contributed by atoms with van der Waals surface area (Å²) in [6.45, 7) is 2.05. The van der Waals surface area contributed by atoms with E-state index >= 15 is 0 Å². The Kier molecular flexibility index (Phi) is 5.28. The number of nitrogens with one attached hydrogen (secondary N) is 1. The first-order chi connectivity index (χ1) is 8.04. The maximum atomic E-state index is 13.6. The standard InChI is InChI=1S/C12H17FN2OS/c1-4-7-17-11-6-5-9(8-10(11)13)14-12(16)15(2)3/h5-6,8H,4,7H2,1-3H3,(H,14,16). The van der Waals surface area contributed by atoms with Crippen LogP contribution in [0.2, 0.25) is 0 Å². The van der Waals surface area contributed by atoms with E-state index in [1.54, 1.807) is 26.2 Å². The van der Waals surface area contributed by atoms with Crippen molar-refractivity contribution in [1.29, 1.82) is 0 Å². The van der Waals surface area contributed by atoms with Crippen LogP contribution in [0.15, 0.2) is 23.1 Å². The Bertz CT molecular complexity index is 396. The van der Waals surface area contributed by atoms with E-state index in [4.69, 9.17) is 0 Å². The highest BCUT2D eigenvalue weighted by molar-refractivity contribution is 7.99. The number of anilines is 1. The van der Waals surface area contributed by atoms with Gasteiger partial charge in [-0.05, 0) is 30.4 Å². The van der Waals surface area contributed by atoms with Crippen molar-refractivity contribution in [3.8, 4) is 0 Å². The maximum absolute atomic E-state index is 13.6. The third kappa shape index (κ3) is 4.26. The molecule has 0 aliphatic carbocycles. The molecule has 5 heteroatoms. The first kappa shape index (κ1) is 13.8. The van der Waals surface area contributed by atoms with E-state index in [9.17, 15) is 9.18 Å². The van der Waals surface area contributed by atoms with Gasteiger partial charge in [0.1, 0.15) is 5.82 Å². The van der Waals surface area contributed by atoms with E-state index in [0.717, 1.165) is 12.2 Å². The Morgan fingerprint density at radius 3 is 2.71 bits per heavy atom. The highest BCUT2D eigenvalue weighted by Crippen LogP contribution is 2.24. The van der Waals surface area contributed by atoms with Crippen LogP contribution in [-0.2, 0) is 0 Å². The van der Waals surface area contributed by atoms with Gasteiger partial charge in [-0.1, -0.05) is 6.92 Å². The van der Waals surface area contributed by atoms with Crippen molar-refractivity contribution in [3.05, 3.63) is 24.0 Å². The molecule has 0 saturated heterocycles. The van der Waals surface area contributed by atoms with Crippen LogP contribution in [-0.4, -0.2) is 30.8 Å². The molecule has 1 aromatic rings. The number of hydrogen-bond donors (Lipinski definition) is 1. The van der Waals surface area contributed by atoms with Gasteiger partial charge in [0.05, 0.1) is 0 Å². The Labute approximate surface area is 105 Å². The van der Waals surface area contributed by atoms with E-state index in [-0.39, 0.29) is 11.8 Å². The second-order valence-electron chi connectivity index (χ2n) is 3.82. The molecule has 0 fully saturated rings. The van der Waals surface area contributed by atoms with Crippen molar-refractivity contribution in [2.45, 2.75) is 18.2 Å². The second-order valence-corrected chi connectivity index (χ2v) is 4.95. The van der Waals surface area contributed by atoms with Crippen LogP contribution in [0.3, 0.4) is 0 Å². The Hall–Kier alpha value is -1.23. The average Bonchev–Trinajstić information content (AvgIpc) is 2.28. The molecule has 0 bridgehead atoms. The summed E-state index contributed by atoms with van der Waals surface area (Å²) in [5.74, 6) is 0.598. The summed E-state index contributed by atoms with van der Waals surface area (Å²) < 4.78 is 13.6. The van der Waals surface area contributed by atoms with Gasteiger partial charge in [0.2, 0.25) is 0 Å². The smallest absolute Gasteiger partial charge is 0.321 e. The summed E-state index contributed by atoms with van der Waals surface area (Å²) in [4.78, 5) is 13.4. The van der Waals surface area contributed by atoms with Crippen molar-refractivity contribution >= 4 is 23.5 Å². The number of amides is 2. The van der Waals surface area contributed by atoms with Gasteiger partial charge in [0, 0.05) is 24.7 Å². The Morgan fingerprint density at radius 1 is 1.47 bits per heavy atom. The predicted molar refractivity (Wildman–Crippen MR) is 70.1 cm³/mol. The van der Waals surface area contributed by atoms with Crippen molar-refractivity contribution in [3.63, 3.8) is 0 Å². The van der Waals surface area contributed by atoms with Crippen molar-refractivity contribution in [2.75, 3.05) is 25.2 Å². The minimum absolute atomic E-state index is 0.265. The second kappa shape index (κ2) is 6.49. The zero-order valence-electron chi connectivity index (χ0n) is 10.3. The van der Waals surface area contributed by atoms with E-state index < -0.39 is 0 Å². The molecule has 0 aliphatic heterocycles. The maximum Gasteiger partial charge on any atom is 0.321 e. The molecular weight excluding hydrogens is 239 g/mol. The topological polar surface area (TPSA) is 32.3 Å². The van der Waals surface area contributed by atoms with Crippen LogP contribution in [0.5, 0.6) is 0 Å². The zero-order valence-corrected chi connectivity index (χ0v) is 11.1.